The molecule has 0 aliphatic heterocycles. The van der Waals surface area contributed by atoms with Crippen LogP contribution in [0.3, 0.4) is 0 Å². The van der Waals surface area contributed by atoms with Crippen molar-refractivity contribution in [3.05, 3.63) is 71.2 Å². The minimum atomic E-state index is -0.974. The highest BCUT2D eigenvalue weighted by molar-refractivity contribution is 5.89. The zero-order valence-electron chi connectivity index (χ0n) is 12.8. The van der Waals surface area contributed by atoms with Crippen LogP contribution in [-0.2, 0) is 16.0 Å². The molecule has 0 unspecified atom stereocenters. The van der Waals surface area contributed by atoms with Gasteiger partial charge in [-0.25, -0.2) is 4.79 Å². The number of amides is 1. The summed E-state index contributed by atoms with van der Waals surface area (Å²) in [6, 6.07) is 14.1. The lowest BCUT2D eigenvalue weighted by atomic mass is 10.1. The third kappa shape index (κ3) is 4.81. The van der Waals surface area contributed by atoms with Crippen molar-refractivity contribution in [1.29, 1.82) is 0 Å². The van der Waals surface area contributed by atoms with Gasteiger partial charge in [-0.1, -0.05) is 30.3 Å². The Balaban J connectivity index is 1.81. The van der Waals surface area contributed by atoms with Crippen molar-refractivity contribution in [2.45, 2.75) is 19.4 Å². The first-order valence-electron chi connectivity index (χ1n) is 7.28. The second kappa shape index (κ2) is 7.93. The van der Waals surface area contributed by atoms with E-state index in [-0.39, 0.29) is 5.69 Å². The van der Waals surface area contributed by atoms with Crippen LogP contribution in [0.5, 0.6) is 0 Å². The average molecular weight is 314 g/mol. The molecule has 0 aliphatic carbocycles. The fourth-order valence-corrected chi connectivity index (χ4v) is 1.98. The normalized spacial score (nSPS) is 11.5. The van der Waals surface area contributed by atoms with Gasteiger partial charge >= 0.3 is 11.7 Å². The molecule has 0 fully saturated rings. The summed E-state index contributed by atoms with van der Waals surface area (Å²) in [6.07, 6.45) is 0.909. The van der Waals surface area contributed by atoms with Crippen LogP contribution in [-0.4, -0.2) is 24.5 Å². The minimum Gasteiger partial charge on any atom is -0.618 e. The summed E-state index contributed by atoms with van der Waals surface area (Å²) in [6.45, 7) is 1.91. The van der Waals surface area contributed by atoms with Crippen LogP contribution in [0.25, 0.3) is 0 Å². The molecule has 6 nitrogen and oxygen atoms in total. The summed E-state index contributed by atoms with van der Waals surface area (Å²) in [5.74, 6) is -1.23. The predicted molar refractivity (Wildman–Crippen MR) is 83.4 cm³/mol. The van der Waals surface area contributed by atoms with E-state index in [1.54, 1.807) is 6.07 Å². The maximum absolute atomic E-state index is 11.9. The number of aromatic nitrogens is 1. The molecule has 1 amide bonds. The van der Waals surface area contributed by atoms with Crippen LogP contribution in [0.2, 0.25) is 0 Å². The Labute approximate surface area is 134 Å². The minimum absolute atomic E-state index is 0.156. The van der Waals surface area contributed by atoms with Gasteiger partial charge in [-0.05, 0) is 25.0 Å². The highest BCUT2D eigenvalue weighted by Gasteiger charge is 2.23. The van der Waals surface area contributed by atoms with Gasteiger partial charge < -0.3 is 15.3 Å². The lowest BCUT2D eigenvalue weighted by Crippen LogP contribution is -2.40. The molecule has 0 radical (unpaired) electrons. The Morgan fingerprint density at radius 2 is 1.87 bits per heavy atom. The van der Waals surface area contributed by atoms with Gasteiger partial charge in [0.05, 0.1) is 0 Å². The van der Waals surface area contributed by atoms with Crippen LogP contribution >= 0.6 is 0 Å². The summed E-state index contributed by atoms with van der Waals surface area (Å²) >= 11 is 0. The van der Waals surface area contributed by atoms with E-state index >= 15 is 0 Å². The van der Waals surface area contributed by atoms with Crippen molar-refractivity contribution in [3.8, 4) is 0 Å². The first-order chi connectivity index (χ1) is 11.1. The summed E-state index contributed by atoms with van der Waals surface area (Å²) in [5, 5.41) is 14.2. The number of benzene rings is 1. The van der Waals surface area contributed by atoms with Crippen molar-refractivity contribution in [1.82, 2.24) is 5.32 Å². The summed E-state index contributed by atoms with van der Waals surface area (Å²) < 4.78 is 5.42. The molecule has 1 aromatic carbocycles. The molecule has 0 saturated heterocycles. The van der Waals surface area contributed by atoms with E-state index in [9.17, 15) is 14.8 Å². The van der Waals surface area contributed by atoms with Gasteiger partial charge in [0, 0.05) is 18.7 Å². The number of rotatable bonds is 6. The van der Waals surface area contributed by atoms with Crippen molar-refractivity contribution < 1.29 is 19.1 Å². The monoisotopic (exact) mass is 314 g/mol. The lowest BCUT2D eigenvalue weighted by molar-refractivity contribution is -0.608. The Hall–Kier alpha value is -2.89. The molecule has 1 N–H and O–H groups in total. The van der Waals surface area contributed by atoms with Gasteiger partial charge in [-0.2, -0.15) is 4.73 Å². The largest absolute Gasteiger partial charge is 0.618 e. The Kier molecular flexibility index (Phi) is 5.68. The molecule has 0 saturated carbocycles. The Bertz CT molecular complexity index is 673. The molecule has 6 heteroatoms. The van der Waals surface area contributed by atoms with Crippen LogP contribution < -0.4 is 10.0 Å². The SMILES string of the molecule is C[C@@H](OC(=O)c1cccc[n+]1[O-])C(=O)NCCc1ccccc1. The van der Waals surface area contributed by atoms with Crippen LogP contribution in [0.1, 0.15) is 23.0 Å². The smallest absolute Gasteiger partial charge is 0.405 e. The number of esters is 1. The summed E-state index contributed by atoms with van der Waals surface area (Å²) in [7, 11) is 0. The highest BCUT2D eigenvalue weighted by Crippen LogP contribution is 2.01. The quantitative estimate of drug-likeness (QED) is 0.494. The number of carbonyl (C=O) groups is 2. The molecule has 120 valence electrons. The topological polar surface area (TPSA) is 82.3 Å². The van der Waals surface area contributed by atoms with Crippen LogP contribution in [0, 0.1) is 5.21 Å². The number of hydrogen-bond acceptors (Lipinski definition) is 4. The van der Waals surface area contributed by atoms with Gasteiger partial charge in [0.1, 0.15) is 0 Å². The van der Waals surface area contributed by atoms with E-state index in [4.69, 9.17) is 4.74 Å². The van der Waals surface area contributed by atoms with Crippen molar-refractivity contribution in [3.63, 3.8) is 0 Å². The van der Waals surface area contributed by atoms with E-state index in [1.807, 2.05) is 30.3 Å². The fourth-order valence-electron chi connectivity index (χ4n) is 1.98. The molecule has 2 aromatic rings. The number of pyridine rings is 1. The van der Waals surface area contributed by atoms with E-state index < -0.39 is 18.0 Å². The third-order valence-electron chi connectivity index (χ3n) is 3.24. The summed E-state index contributed by atoms with van der Waals surface area (Å²) in [5.41, 5.74) is 0.950. The zero-order chi connectivity index (χ0) is 16.7. The molecule has 0 bridgehead atoms. The van der Waals surface area contributed by atoms with E-state index in [0.29, 0.717) is 17.7 Å². The van der Waals surface area contributed by atoms with Gasteiger partial charge in [0.15, 0.2) is 12.3 Å². The molecule has 1 aromatic heterocycles. The molecule has 1 heterocycles. The van der Waals surface area contributed by atoms with Crippen molar-refractivity contribution >= 4 is 11.9 Å². The van der Waals surface area contributed by atoms with Gasteiger partial charge in [-0.3, -0.25) is 4.79 Å². The van der Waals surface area contributed by atoms with Gasteiger partial charge in [0.25, 0.3) is 5.91 Å². The number of ether oxygens (including phenoxy) is 1. The Morgan fingerprint density at radius 1 is 1.17 bits per heavy atom. The first kappa shape index (κ1) is 16.5. The molecular weight excluding hydrogens is 296 g/mol. The van der Waals surface area contributed by atoms with Crippen molar-refractivity contribution in [2.24, 2.45) is 0 Å². The summed E-state index contributed by atoms with van der Waals surface area (Å²) in [4.78, 5) is 23.8. The zero-order valence-corrected chi connectivity index (χ0v) is 12.8. The van der Waals surface area contributed by atoms with Crippen molar-refractivity contribution in [2.75, 3.05) is 6.54 Å². The molecule has 23 heavy (non-hydrogen) atoms. The third-order valence-corrected chi connectivity index (χ3v) is 3.24. The molecule has 2 rings (SSSR count). The Morgan fingerprint density at radius 3 is 2.57 bits per heavy atom. The van der Waals surface area contributed by atoms with E-state index in [1.165, 1.54) is 25.3 Å². The number of nitrogens with zero attached hydrogens (tertiary/aromatic N) is 1. The van der Waals surface area contributed by atoms with Gasteiger partial charge in [0.2, 0.25) is 0 Å². The second-order valence-corrected chi connectivity index (χ2v) is 4.99. The molecule has 0 aliphatic rings. The maximum Gasteiger partial charge on any atom is 0.405 e. The second-order valence-electron chi connectivity index (χ2n) is 4.99. The first-order valence-corrected chi connectivity index (χ1v) is 7.28. The van der Waals surface area contributed by atoms with Gasteiger partial charge in [-0.15, -0.1) is 0 Å². The van der Waals surface area contributed by atoms with E-state index in [0.717, 1.165) is 5.56 Å². The predicted octanol–water partition coefficient (Wildman–Crippen LogP) is 1.22. The average Bonchev–Trinajstić information content (AvgIpc) is 2.56. The lowest BCUT2D eigenvalue weighted by Gasteiger charge is -2.13. The number of nitrogens with one attached hydrogen (secondary N) is 1. The number of carbonyl (C=O) groups excluding carboxylic acids is 2. The molecule has 1 atom stereocenters. The number of hydrogen-bond donors (Lipinski definition) is 1. The molecular formula is C17H18N2O4. The standard InChI is InChI=1S/C17H18N2O4/c1-13(23-17(21)15-9-5-6-12-19(15)22)16(20)18-11-10-14-7-3-2-4-8-14/h2-9,12-13H,10-11H2,1H3,(H,18,20)/t13-/m1/s1. The fraction of sp³-hybridized carbons (Fsp3) is 0.235. The van der Waals surface area contributed by atoms with Crippen LogP contribution in [0.15, 0.2) is 54.7 Å². The van der Waals surface area contributed by atoms with E-state index in [2.05, 4.69) is 5.32 Å². The maximum atomic E-state index is 11.9. The molecule has 0 spiro atoms. The highest BCUT2D eigenvalue weighted by atomic mass is 16.6. The van der Waals surface area contributed by atoms with Crippen LogP contribution in [0.4, 0.5) is 0 Å².